The maximum Gasteiger partial charge on any atom is 0.316 e. The number of aromatic nitrogens is 2. The molecule has 3 amide bonds. The monoisotopic (exact) mass is 483 g/mol. The van der Waals surface area contributed by atoms with Crippen LogP contribution in [0, 0.1) is 0 Å². The second kappa shape index (κ2) is 12.8. The standard InChI is InChI=1S/C21H27N5O2.C4H10N2O/c22-20(27)19-21(25-18(14-23-19)26-12-4-1-5-13-26)24-15-8-10-17(11-9-15)28-16-6-2-3-7-16;1-5-4(7)6(2)3/h8-11,14,16H,1-7,12-13H2,(H2,22,27)(H,24,25);1-3H3,(H,5,7). The number of hydrogen-bond donors (Lipinski definition) is 3. The Labute approximate surface area is 207 Å². The lowest BCUT2D eigenvalue weighted by atomic mass is 10.1. The maximum absolute atomic E-state index is 11.8. The lowest BCUT2D eigenvalue weighted by Gasteiger charge is -2.27. The third-order valence-corrected chi connectivity index (χ3v) is 6.02. The van der Waals surface area contributed by atoms with E-state index in [1.807, 2.05) is 24.3 Å². The van der Waals surface area contributed by atoms with E-state index < -0.39 is 5.91 Å². The maximum atomic E-state index is 11.8. The van der Waals surface area contributed by atoms with Gasteiger partial charge in [0.1, 0.15) is 11.6 Å². The average Bonchev–Trinajstić information content (AvgIpc) is 3.38. The number of benzene rings is 1. The molecule has 35 heavy (non-hydrogen) atoms. The van der Waals surface area contributed by atoms with Gasteiger partial charge in [0.25, 0.3) is 5.91 Å². The van der Waals surface area contributed by atoms with Crippen molar-refractivity contribution in [3.05, 3.63) is 36.2 Å². The number of urea groups is 1. The molecule has 0 bridgehead atoms. The van der Waals surface area contributed by atoms with Crippen molar-refractivity contribution in [3.63, 3.8) is 0 Å². The number of hydrogen-bond acceptors (Lipinski definition) is 7. The largest absolute Gasteiger partial charge is 0.490 e. The Morgan fingerprint density at radius 3 is 2.26 bits per heavy atom. The predicted octanol–water partition coefficient (Wildman–Crippen LogP) is 3.52. The zero-order chi connectivity index (χ0) is 25.2. The summed E-state index contributed by atoms with van der Waals surface area (Å²) in [7, 11) is 4.99. The van der Waals surface area contributed by atoms with Gasteiger partial charge in [-0.15, -0.1) is 0 Å². The molecule has 10 heteroatoms. The molecule has 1 aromatic heterocycles. The number of anilines is 3. The van der Waals surface area contributed by atoms with Crippen LogP contribution in [0.15, 0.2) is 30.5 Å². The Morgan fingerprint density at radius 1 is 1.06 bits per heavy atom. The minimum absolute atomic E-state index is 0.0694. The van der Waals surface area contributed by atoms with Crippen LogP contribution in [0.5, 0.6) is 5.75 Å². The van der Waals surface area contributed by atoms with Crippen LogP contribution in [0.4, 0.5) is 22.1 Å². The number of nitrogens with one attached hydrogen (secondary N) is 2. The van der Waals surface area contributed by atoms with Gasteiger partial charge in [-0.3, -0.25) is 4.79 Å². The van der Waals surface area contributed by atoms with E-state index in [1.54, 1.807) is 27.3 Å². The molecule has 4 rings (SSSR count). The van der Waals surface area contributed by atoms with E-state index in [-0.39, 0.29) is 11.7 Å². The lowest BCUT2D eigenvalue weighted by molar-refractivity contribution is 0.0996. The SMILES string of the molecule is CNC(=O)N(C)C.NC(=O)c1ncc(N2CCCCC2)nc1Nc1ccc(OC2CCCC2)cc1. The summed E-state index contributed by atoms with van der Waals surface area (Å²) in [6.07, 6.45) is 10.2. The van der Waals surface area contributed by atoms with Crippen molar-refractivity contribution < 1.29 is 14.3 Å². The topological polar surface area (TPSA) is 126 Å². The summed E-state index contributed by atoms with van der Waals surface area (Å²) in [5, 5.41) is 5.65. The van der Waals surface area contributed by atoms with Crippen LogP contribution in [0.25, 0.3) is 0 Å². The molecule has 1 aromatic carbocycles. The fourth-order valence-corrected chi connectivity index (χ4v) is 4.10. The molecule has 0 atom stereocenters. The van der Waals surface area contributed by atoms with Crippen LogP contribution >= 0.6 is 0 Å². The van der Waals surface area contributed by atoms with Crippen LogP contribution in [0.3, 0.4) is 0 Å². The molecule has 0 unspecified atom stereocenters. The Balaban J connectivity index is 0.000000429. The molecule has 10 nitrogen and oxygen atoms in total. The van der Waals surface area contributed by atoms with Crippen LogP contribution in [0.1, 0.15) is 55.4 Å². The van der Waals surface area contributed by atoms with E-state index in [1.165, 1.54) is 24.2 Å². The molecule has 0 spiro atoms. The summed E-state index contributed by atoms with van der Waals surface area (Å²) < 4.78 is 6.00. The van der Waals surface area contributed by atoms with Gasteiger partial charge in [0.2, 0.25) is 0 Å². The van der Waals surface area contributed by atoms with Crippen molar-refractivity contribution in [3.8, 4) is 5.75 Å². The summed E-state index contributed by atoms with van der Waals surface area (Å²) in [6.45, 7) is 1.91. The number of piperidine rings is 1. The highest BCUT2D eigenvalue weighted by atomic mass is 16.5. The Morgan fingerprint density at radius 2 is 1.71 bits per heavy atom. The molecule has 2 fully saturated rings. The summed E-state index contributed by atoms with van der Waals surface area (Å²) in [4.78, 5) is 34.7. The van der Waals surface area contributed by atoms with Gasteiger partial charge in [-0.25, -0.2) is 14.8 Å². The van der Waals surface area contributed by atoms with E-state index in [2.05, 4.69) is 25.5 Å². The molecular formula is C25H37N7O3. The van der Waals surface area contributed by atoms with E-state index in [0.29, 0.717) is 11.9 Å². The Kier molecular flexibility index (Phi) is 9.51. The van der Waals surface area contributed by atoms with Crippen LogP contribution in [-0.4, -0.2) is 67.1 Å². The van der Waals surface area contributed by atoms with Crippen LogP contribution in [0.2, 0.25) is 0 Å². The number of rotatable bonds is 6. The number of nitrogens with two attached hydrogens (primary N) is 1. The first-order valence-electron chi connectivity index (χ1n) is 12.2. The highest BCUT2D eigenvalue weighted by Crippen LogP contribution is 2.27. The van der Waals surface area contributed by atoms with Crippen molar-refractivity contribution in [1.29, 1.82) is 0 Å². The highest BCUT2D eigenvalue weighted by molar-refractivity contribution is 5.96. The first kappa shape index (κ1) is 26.1. The second-order valence-corrected chi connectivity index (χ2v) is 8.96. The molecule has 2 heterocycles. The van der Waals surface area contributed by atoms with Gasteiger partial charge in [-0.2, -0.15) is 0 Å². The Bertz CT molecular complexity index is 970. The number of carbonyl (C=O) groups excluding carboxylic acids is 2. The number of carbonyl (C=O) groups is 2. The first-order valence-corrected chi connectivity index (χ1v) is 12.2. The molecule has 0 radical (unpaired) electrons. The number of amides is 3. The summed E-state index contributed by atoms with van der Waals surface area (Å²) in [5.41, 5.74) is 6.45. The Hall–Kier alpha value is -3.56. The van der Waals surface area contributed by atoms with Crippen LogP contribution in [-0.2, 0) is 0 Å². The third kappa shape index (κ3) is 7.73. The summed E-state index contributed by atoms with van der Waals surface area (Å²) in [6, 6.07) is 7.65. The van der Waals surface area contributed by atoms with Crippen molar-refractivity contribution >= 4 is 29.3 Å². The molecule has 2 aromatic rings. The van der Waals surface area contributed by atoms with Gasteiger partial charge in [0.15, 0.2) is 11.5 Å². The van der Waals surface area contributed by atoms with Gasteiger partial charge in [0, 0.05) is 39.9 Å². The fourth-order valence-electron chi connectivity index (χ4n) is 4.10. The lowest BCUT2D eigenvalue weighted by Crippen LogP contribution is -2.31. The van der Waals surface area contributed by atoms with E-state index >= 15 is 0 Å². The van der Waals surface area contributed by atoms with Gasteiger partial charge in [-0.05, 0) is 69.2 Å². The molecule has 1 saturated carbocycles. The van der Waals surface area contributed by atoms with Crippen molar-refractivity contribution in [2.75, 3.05) is 44.4 Å². The molecule has 4 N–H and O–H groups in total. The smallest absolute Gasteiger partial charge is 0.316 e. The molecule has 1 aliphatic heterocycles. The molecule has 2 aliphatic rings. The molecule has 190 valence electrons. The number of primary amides is 1. The second-order valence-electron chi connectivity index (χ2n) is 8.96. The minimum Gasteiger partial charge on any atom is -0.490 e. The minimum atomic E-state index is -0.596. The normalized spacial score (nSPS) is 15.6. The first-order chi connectivity index (χ1) is 16.9. The van der Waals surface area contributed by atoms with Gasteiger partial charge >= 0.3 is 6.03 Å². The zero-order valence-corrected chi connectivity index (χ0v) is 20.9. The summed E-state index contributed by atoms with van der Waals surface area (Å²) in [5.74, 6) is 1.43. The zero-order valence-electron chi connectivity index (χ0n) is 20.9. The van der Waals surface area contributed by atoms with Crippen molar-refractivity contribution in [2.45, 2.75) is 51.0 Å². The summed E-state index contributed by atoms with van der Waals surface area (Å²) >= 11 is 0. The van der Waals surface area contributed by atoms with E-state index in [9.17, 15) is 9.59 Å². The van der Waals surface area contributed by atoms with Gasteiger partial charge in [0.05, 0.1) is 12.3 Å². The van der Waals surface area contributed by atoms with E-state index in [0.717, 1.165) is 56.0 Å². The third-order valence-electron chi connectivity index (χ3n) is 6.02. The highest BCUT2D eigenvalue weighted by Gasteiger charge is 2.19. The average molecular weight is 484 g/mol. The molecule has 1 saturated heterocycles. The van der Waals surface area contributed by atoms with Crippen molar-refractivity contribution in [1.82, 2.24) is 20.2 Å². The van der Waals surface area contributed by atoms with Crippen LogP contribution < -0.4 is 26.0 Å². The molecular weight excluding hydrogens is 446 g/mol. The molecule has 1 aliphatic carbocycles. The quantitative estimate of drug-likeness (QED) is 0.574. The van der Waals surface area contributed by atoms with Gasteiger partial charge in [-0.1, -0.05) is 0 Å². The number of ether oxygens (including phenoxy) is 1. The van der Waals surface area contributed by atoms with Gasteiger partial charge < -0.3 is 30.9 Å². The number of nitrogens with zero attached hydrogens (tertiary/aromatic N) is 4. The van der Waals surface area contributed by atoms with E-state index in [4.69, 9.17) is 10.5 Å². The predicted molar refractivity (Wildman–Crippen MR) is 137 cm³/mol. The fraction of sp³-hybridized carbons (Fsp3) is 0.520. The van der Waals surface area contributed by atoms with Crippen molar-refractivity contribution in [2.24, 2.45) is 5.73 Å².